The molecule has 0 saturated carbocycles. The van der Waals surface area contributed by atoms with E-state index < -0.39 is 0 Å². The molecule has 0 aromatic heterocycles. The van der Waals surface area contributed by atoms with Crippen LogP contribution in [0.3, 0.4) is 0 Å². The standard InChI is InChI=1S/C12H23N3O2/c1-8(12(2,3)4)15(5)11(17)9-6-14-10(16)7-13-9/h8-9,13H,6-7H2,1-5H3,(H,14,16). The van der Waals surface area contributed by atoms with E-state index in [9.17, 15) is 9.59 Å². The summed E-state index contributed by atoms with van der Waals surface area (Å²) in [6, 6.07) is -0.156. The SMILES string of the molecule is CC(N(C)C(=O)C1CNC(=O)CN1)C(C)(C)C. The van der Waals surface area contributed by atoms with Crippen molar-refractivity contribution in [2.75, 3.05) is 20.1 Å². The summed E-state index contributed by atoms with van der Waals surface area (Å²) in [4.78, 5) is 25.0. The van der Waals surface area contributed by atoms with Gasteiger partial charge in [0.05, 0.1) is 6.54 Å². The van der Waals surface area contributed by atoms with E-state index in [1.807, 2.05) is 14.0 Å². The molecule has 17 heavy (non-hydrogen) atoms. The van der Waals surface area contributed by atoms with Gasteiger partial charge >= 0.3 is 0 Å². The first-order chi connectivity index (χ1) is 7.73. The van der Waals surface area contributed by atoms with Crippen molar-refractivity contribution in [2.45, 2.75) is 39.8 Å². The van der Waals surface area contributed by atoms with Crippen molar-refractivity contribution in [1.29, 1.82) is 0 Å². The van der Waals surface area contributed by atoms with Crippen molar-refractivity contribution in [2.24, 2.45) is 5.41 Å². The number of likely N-dealkylation sites (N-methyl/N-ethyl adjacent to an activating group) is 1. The third-order valence-electron chi connectivity index (χ3n) is 3.49. The Labute approximate surface area is 103 Å². The molecule has 0 aliphatic carbocycles. The van der Waals surface area contributed by atoms with Gasteiger partial charge in [0, 0.05) is 19.6 Å². The minimum atomic E-state index is -0.303. The molecule has 0 aromatic rings. The molecular formula is C12H23N3O2. The van der Waals surface area contributed by atoms with Gasteiger partial charge in [-0.1, -0.05) is 20.8 Å². The second kappa shape index (κ2) is 5.04. The highest BCUT2D eigenvalue weighted by molar-refractivity contribution is 5.86. The van der Waals surface area contributed by atoms with Gasteiger partial charge in [0.1, 0.15) is 6.04 Å². The summed E-state index contributed by atoms with van der Waals surface area (Å²) in [7, 11) is 1.82. The fourth-order valence-corrected chi connectivity index (χ4v) is 1.76. The molecule has 0 bridgehead atoms. The lowest BCUT2D eigenvalue weighted by atomic mass is 9.87. The molecular weight excluding hydrogens is 218 g/mol. The van der Waals surface area contributed by atoms with Gasteiger partial charge in [-0.2, -0.15) is 0 Å². The molecule has 1 saturated heterocycles. The predicted octanol–water partition coefficient (Wildman–Crippen LogP) is -0.0326. The van der Waals surface area contributed by atoms with E-state index in [-0.39, 0.29) is 35.9 Å². The Hall–Kier alpha value is -1.10. The number of carbonyl (C=O) groups is 2. The van der Waals surface area contributed by atoms with Gasteiger partial charge < -0.3 is 10.2 Å². The predicted molar refractivity (Wildman–Crippen MR) is 66.5 cm³/mol. The van der Waals surface area contributed by atoms with E-state index in [0.717, 1.165) is 0 Å². The van der Waals surface area contributed by atoms with Crippen LogP contribution in [0, 0.1) is 5.41 Å². The summed E-state index contributed by atoms with van der Waals surface area (Å²) >= 11 is 0. The lowest BCUT2D eigenvalue weighted by molar-refractivity contribution is -0.137. The number of piperazine rings is 1. The Balaban J connectivity index is 2.61. The molecule has 5 heteroatoms. The minimum Gasteiger partial charge on any atom is -0.353 e. The third kappa shape index (κ3) is 3.43. The molecule has 1 fully saturated rings. The number of hydrogen-bond donors (Lipinski definition) is 2. The van der Waals surface area contributed by atoms with Crippen molar-refractivity contribution in [3.63, 3.8) is 0 Å². The van der Waals surface area contributed by atoms with Crippen molar-refractivity contribution >= 4 is 11.8 Å². The Morgan fingerprint density at radius 3 is 2.47 bits per heavy atom. The number of amides is 2. The maximum Gasteiger partial charge on any atom is 0.241 e. The van der Waals surface area contributed by atoms with Crippen LogP contribution in [0.1, 0.15) is 27.7 Å². The van der Waals surface area contributed by atoms with Crippen LogP contribution >= 0.6 is 0 Å². The first-order valence-corrected chi connectivity index (χ1v) is 6.00. The summed E-state index contributed by atoms with van der Waals surface area (Å²) in [5.74, 6) is -0.0204. The van der Waals surface area contributed by atoms with Crippen molar-refractivity contribution in [3.8, 4) is 0 Å². The van der Waals surface area contributed by atoms with Crippen LogP contribution < -0.4 is 10.6 Å². The lowest BCUT2D eigenvalue weighted by Gasteiger charge is -2.38. The van der Waals surface area contributed by atoms with Gasteiger partial charge in [0.2, 0.25) is 11.8 Å². The number of nitrogens with one attached hydrogen (secondary N) is 2. The zero-order valence-electron chi connectivity index (χ0n) is 11.3. The second-order valence-corrected chi connectivity index (χ2v) is 5.73. The Morgan fingerprint density at radius 2 is 2.06 bits per heavy atom. The van der Waals surface area contributed by atoms with Crippen LogP contribution in [-0.2, 0) is 9.59 Å². The van der Waals surface area contributed by atoms with Crippen LogP contribution in [0.4, 0.5) is 0 Å². The van der Waals surface area contributed by atoms with Gasteiger partial charge in [-0.05, 0) is 12.3 Å². The molecule has 1 aliphatic heterocycles. The van der Waals surface area contributed by atoms with Gasteiger partial charge in [0.25, 0.3) is 0 Å². The van der Waals surface area contributed by atoms with Gasteiger partial charge in [0.15, 0.2) is 0 Å². The Bertz CT molecular complexity index is 299. The van der Waals surface area contributed by atoms with Crippen LogP contribution in [-0.4, -0.2) is 48.9 Å². The quantitative estimate of drug-likeness (QED) is 0.713. The average Bonchev–Trinajstić information content (AvgIpc) is 2.26. The molecule has 1 aliphatic rings. The summed E-state index contributed by atoms with van der Waals surface area (Å²) in [6.45, 7) is 8.96. The van der Waals surface area contributed by atoms with E-state index in [1.165, 1.54) is 0 Å². The number of carbonyl (C=O) groups excluding carboxylic acids is 2. The normalized spacial score (nSPS) is 22.9. The fourth-order valence-electron chi connectivity index (χ4n) is 1.76. The molecule has 0 spiro atoms. The van der Waals surface area contributed by atoms with Gasteiger partial charge in [-0.25, -0.2) is 0 Å². The smallest absolute Gasteiger partial charge is 0.241 e. The van der Waals surface area contributed by atoms with Crippen LogP contribution in [0.5, 0.6) is 0 Å². The zero-order valence-corrected chi connectivity index (χ0v) is 11.3. The van der Waals surface area contributed by atoms with Crippen LogP contribution in [0.15, 0.2) is 0 Å². The molecule has 2 amide bonds. The van der Waals surface area contributed by atoms with E-state index in [2.05, 4.69) is 31.4 Å². The Morgan fingerprint density at radius 1 is 1.47 bits per heavy atom. The molecule has 2 atom stereocenters. The first-order valence-electron chi connectivity index (χ1n) is 6.00. The third-order valence-corrected chi connectivity index (χ3v) is 3.49. The Kier molecular flexibility index (Phi) is 4.14. The average molecular weight is 241 g/mol. The van der Waals surface area contributed by atoms with Crippen LogP contribution in [0.25, 0.3) is 0 Å². The summed E-state index contributed by atoms with van der Waals surface area (Å²) in [5.41, 5.74) is 0.0440. The number of nitrogens with zero attached hydrogens (tertiary/aromatic N) is 1. The van der Waals surface area contributed by atoms with Crippen molar-refractivity contribution in [3.05, 3.63) is 0 Å². The minimum absolute atomic E-state index is 0.0347. The zero-order chi connectivity index (χ0) is 13.2. The molecule has 2 N–H and O–H groups in total. The molecule has 0 radical (unpaired) electrons. The number of hydrogen-bond acceptors (Lipinski definition) is 3. The van der Waals surface area contributed by atoms with Crippen LogP contribution in [0.2, 0.25) is 0 Å². The fraction of sp³-hybridized carbons (Fsp3) is 0.833. The highest BCUT2D eigenvalue weighted by Crippen LogP contribution is 2.23. The topological polar surface area (TPSA) is 61.4 Å². The lowest BCUT2D eigenvalue weighted by Crippen LogP contribution is -2.60. The highest BCUT2D eigenvalue weighted by atomic mass is 16.2. The molecule has 0 aromatic carbocycles. The largest absolute Gasteiger partial charge is 0.353 e. The maximum atomic E-state index is 12.2. The van der Waals surface area contributed by atoms with Crippen molar-refractivity contribution < 1.29 is 9.59 Å². The molecule has 98 valence electrons. The first kappa shape index (κ1) is 14.0. The number of rotatable bonds is 2. The summed E-state index contributed by atoms with van der Waals surface area (Å²) < 4.78 is 0. The molecule has 2 unspecified atom stereocenters. The maximum absolute atomic E-state index is 12.2. The molecule has 1 rings (SSSR count). The van der Waals surface area contributed by atoms with Gasteiger partial charge in [-0.3, -0.25) is 14.9 Å². The van der Waals surface area contributed by atoms with E-state index >= 15 is 0 Å². The van der Waals surface area contributed by atoms with E-state index in [1.54, 1.807) is 4.90 Å². The monoisotopic (exact) mass is 241 g/mol. The molecule has 5 nitrogen and oxygen atoms in total. The summed E-state index contributed by atoms with van der Waals surface area (Å²) in [5, 5.41) is 5.65. The second-order valence-electron chi connectivity index (χ2n) is 5.73. The molecule has 1 heterocycles. The van der Waals surface area contributed by atoms with E-state index in [4.69, 9.17) is 0 Å². The van der Waals surface area contributed by atoms with Gasteiger partial charge in [-0.15, -0.1) is 0 Å². The van der Waals surface area contributed by atoms with Crippen molar-refractivity contribution in [1.82, 2.24) is 15.5 Å². The summed E-state index contributed by atoms with van der Waals surface area (Å²) in [6.07, 6.45) is 0. The van der Waals surface area contributed by atoms with E-state index in [0.29, 0.717) is 6.54 Å². The highest BCUT2D eigenvalue weighted by Gasteiger charge is 2.32.